The first-order chi connectivity index (χ1) is 8.72. The molecule has 2 rings (SSSR count). The number of nitrogens with one attached hydrogen (secondary N) is 1. The van der Waals surface area contributed by atoms with Crippen LogP contribution >= 0.6 is 0 Å². The van der Waals surface area contributed by atoms with Gasteiger partial charge in [-0.3, -0.25) is 0 Å². The number of hydrogen-bond donors (Lipinski definition) is 1. The Morgan fingerprint density at radius 2 is 1.72 bits per heavy atom. The molecular weight excluding hydrogens is 225 g/mol. The molecule has 0 fully saturated rings. The summed E-state index contributed by atoms with van der Waals surface area (Å²) < 4.78 is 13.6. The third-order valence-electron chi connectivity index (χ3n) is 3.11. The molecule has 0 spiro atoms. The third-order valence-corrected chi connectivity index (χ3v) is 3.11. The van der Waals surface area contributed by atoms with Crippen LogP contribution in [0.4, 0.5) is 4.39 Å². The second kappa shape index (κ2) is 5.78. The van der Waals surface area contributed by atoms with Crippen molar-refractivity contribution in [2.24, 2.45) is 0 Å². The van der Waals surface area contributed by atoms with Gasteiger partial charge in [-0.15, -0.1) is 0 Å². The first-order valence-electron chi connectivity index (χ1n) is 6.30. The summed E-state index contributed by atoms with van der Waals surface area (Å²) in [6, 6.07) is 15.2. The van der Waals surface area contributed by atoms with Gasteiger partial charge in [-0.25, -0.2) is 4.39 Å². The minimum Gasteiger partial charge on any atom is -0.310 e. The fourth-order valence-electron chi connectivity index (χ4n) is 2.07. The Morgan fingerprint density at radius 3 is 2.33 bits per heavy atom. The first kappa shape index (κ1) is 12.8. The Kier molecular flexibility index (Phi) is 4.11. The molecule has 0 bridgehead atoms. The molecule has 0 aliphatic carbocycles. The molecule has 0 amide bonds. The van der Waals surface area contributed by atoms with Crippen molar-refractivity contribution in [3.8, 4) is 11.1 Å². The molecule has 1 nitrogen and oxygen atoms in total. The average Bonchev–Trinajstić information content (AvgIpc) is 2.40. The van der Waals surface area contributed by atoms with Gasteiger partial charge in [-0.1, -0.05) is 49.4 Å². The van der Waals surface area contributed by atoms with E-state index in [4.69, 9.17) is 0 Å². The van der Waals surface area contributed by atoms with Crippen LogP contribution in [0.3, 0.4) is 0 Å². The van der Waals surface area contributed by atoms with Gasteiger partial charge in [0.05, 0.1) is 0 Å². The number of rotatable bonds is 4. The van der Waals surface area contributed by atoms with Crippen molar-refractivity contribution in [3.05, 3.63) is 59.9 Å². The standard InChI is InChI=1S/C16H18FN/c1-3-18-12(2)13-8-10-14(11-9-13)15-6-4-5-7-16(15)17/h4-12,18H,3H2,1-2H3. The Labute approximate surface area is 108 Å². The van der Waals surface area contributed by atoms with E-state index in [1.165, 1.54) is 11.6 Å². The molecule has 1 N–H and O–H groups in total. The van der Waals surface area contributed by atoms with E-state index in [1.54, 1.807) is 12.1 Å². The topological polar surface area (TPSA) is 12.0 Å². The molecular formula is C16H18FN. The van der Waals surface area contributed by atoms with Crippen LogP contribution in [0.1, 0.15) is 25.5 Å². The molecule has 0 aliphatic heterocycles. The van der Waals surface area contributed by atoms with Crippen molar-refractivity contribution < 1.29 is 4.39 Å². The summed E-state index contributed by atoms with van der Waals surface area (Å²) in [5.41, 5.74) is 2.79. The van der Waals surface area contributed by atoms with Gasteiger partial charge in [0.15, 0.2) is 0 Å². The smallest absolute Gasteiger partial charge is 0.131 e. The van der Waals surface area contributed by atoms with Gasteiger partial charge < -0.3 is 5.32 Å². The molecule has 2 aromatic carbocycles. The molecule has 0 aliphatic rings. The lowest BCUT2D eigenvalue weighted by Gasteiger charge is -2.13. The van der Waals surface area contributed by atoms with Gasteiger partial charge in [-0.2, -0.15) is 0 Å². The Hall–Kier alpha value is -1.67. The summed E-state index contributed by atoms with van der Waals surface area (Å²) in [6.07, 6.45) is 0. The Balaban J connectivity index is 2.25. The highest BCUT2D eigenvalue weighted by atomic mass is 19.1. The number of halogens is 1. The molecule has 0 aromatic heterocycles. The highest BCUT2D eigenvalue weighted by Crippen LogP contribution is 2.24. The van der Waals surface area contributed by atoms with Crippen LogP contribution in [0.5, 0.6) is 0 Å². The largest absolute Gasteiger partial charge is 0.310 e. The van der Waals surface area contributed by atoms with Crippen molar-refractivity contribution >= 4 is 0 Å². The van der Waals surface area contributed by atoms with Crippen LogP contribution in [0.25, 0.3) is 11.1 Å². The predicted molar refractivity (Wildman–Crippen MR) is 73.9 cm³/mol. The van der Waals surface area contributed by atoms with Crippen molar-refractivity contribution in [1.29, 1.82) is 0 Å². The minimum absolute atomic E-state index is 0.176. The van der Waals surface area contributed by atoms with E-state index in [9.17, 15) is 4.39 Å². The maximum atomic E-state index is 13.6. The highest BCUT2D eigenvalue weighted by molar-refractivity contribution is 5.64. The SMILES string of the molecule is CCNC(C)c1ccc(-c2ccccc2F)cc1. The third kappa shape index (κ3) is 2.77. The zero-order valence-corrected chi connectivity index (χ0v) is 10.8. The van der Waals surface area contributed by atoms with E-state index in [-0.39, 0.29) is 5.82 Å². The monoisotopic (exact) mass is 243 g/mol. The maximum absolute atomic E-state index is 13.6. The van der Waals surface area contributed by atoms with Gasteiger partial charge in [0, 0.05) is 11.6 Å². The zero-order chi connectivity index (χ0) is 13.0. The van der Waals surface area contributed by atoms with Crippen molar-refractivity contribution in [3.63, 3.8) is 0 Å². The molecule has 2 heteroatoms. The molecule has 2 aromatic rings. The van der Waals surface area contributed by atoms with E-state index in [1.807, 2.05) is 18.2 Å². The molecule has 0 saturated heterocycles. The molecule has 1 atom stereocenters. The summed E-state index contributed by atoms with van der Waals surface area (Å²) in [7, 11) is 0. The van der Waals surface area contributed by atoms with E-state index in [2.05, 4.69) is 31.3 Å². The van der Waals surface area contributed by atoms with Crippen LogP contribution in [-0.2, 0) is 0 Å². The normalized spacial score (nSPS) is 12.4. The van der Waals surface area contributed by atoms with Crippen LogP contribution < -0.4 is 5.32 Å². The number of hydrogen-bond acceptors (Lipinski definition) is 1. The molecule has 18 heavy (non-hydrogen) atoms. The molecule has 1 unspecified atom stereocenters. The van der Waals surface area contributed by atoms with Crippen LogP contribution in [-0.4, -0.2) is 6.54 Å². The Bertz CT molecular complexity index is 505. The molecule has 94 valence electrons. The van der Waals surface area contributed by atoms with Gasteiger partial charge >= 0.3 is 0 Å². The quantitative estimate of drug-likeness (QED) is 0.850. The lowest BCUT2D eigenvalue weighted by Crippen LogP contribution is -2.17. The molecule has 0 saturated carbocycles. The van der Waals surface area contributed by atoms with E-state index in [0.717, 1.165) is 12.1 Å². The number of benzene rings is 2. The summed E-state index contributed by atoms with van der Waals surface area (Å²) in [5.74, 6) is -0.176. The van der Waals surface area contributed by atoms with Crippen LogP contribution in [0, 0.1) is 5.82 Å². The highest BCUT2D eigenvalue weighted by Gasteiger charge is 2.06. The van der Waals surface area contributed by atoms with Gasteiger partial charge in [0.2, 0.25) is 0 Å². The Morgan fingerprint density at radius 1 is 1.06 bits per heavy atom. The summed E-state index contributed by atoms with van der Waals surface area (Å²) >= 11 is 0. The lowest BCUT2D eigenvalue weighted by atomic mass is 10.0. The van der Waals surface area contributed by atoms with Gasteiger partial charge in [0.25, 0.3) is 0 Å². The summed E-state index contributed by atoms with van der Waals surface area (Å²) in [6.45, 7) is 5.15. The fraction of sp³-hybridized carbons (Fsp3) is 0.250. The molecule has 0 radical (unpaired) electrons. The predicted octanol–water partition coefficient (Wildman–Crippen LogP) is 4.16. The minimum atomic E-state index is -0.176. The van der Waals surface area contributed by atoms with E-state index >= 15 is 0 Å². The zero-order valence-electron chi connectivity index (χ0n) is 10.8. The van der Waals surface area contributed by atoms with Crippen molar-refractivity contribution in [2.75, 3.05) is 6.54 Å². The van der Waals surface area contributed by atoms with Crippen LogP contribution in [0.15, 0.2) is 48.5 Å². The summed E-state index contributed by atoms with van der Waals surface area (Å²) in [5, 5.41) is 3.36. The fourth-order valence-corrected chi connectivity index (χ4v) is 2.07. The van der Waals surface area contributed by atoms with Gasteiger partial charge in [-0.05, 0) is 30.7 Å². The van der Waals surface area contributed by atoms with Crippen molar-refractivity contribution in [1.82, 2.24) is 5.32 Å². The average molecular weight is 243 g/mol. The maximum Gasteiger partial charge on any atom is 0.131 e. The van der Waals surface area contributed by atoms with E-state index < -0.39 is 0 Å². The second-order valence-corrected chi connectivity index (χ2v) is 4.38. The molecule has 0 heterocycles. The van der Waals surface area contributed by atoms with Crippen LogP contribution in [0.2, 0.25) is 0 Å². The van der Waals surface area contributed by atoms with E-state index in [0.29, 0.717) is 11.6 Å². The summed E-state index contributed by atoms with van der Waals surface area (Å²) in [4.78, 5) is 0. The van der Waals surface area contributed by atoms with Gasteiger partial charge in [0.1, 0.15) is 5.82 Å². The second-order valence-electron chi connectivity index (χ2n) is 4.38. The first-order valence-corrected chi connectivity index (χ1v) is 6.30. The van der Waals surface area contributed by atoms with Crippen molar-refractivity contribution in [2.45, 2.75) is 19.9 Å². The lowest BCUT2D eigenvalue weighted by molar-refractivity contribution is 0.598.